The number of hydrogen-bond donors (Lipinski definition) is 1. The van der Waals surface area contributed by atoms with E-state index in [1.54, 1.807) is 6.07 Å². The van der Waals surface area contributed by atoms with Gasteiger partial charge in [-0.3, -0.25) is 9.48 Å². The number of carbonyl (C=O) groups excluding carboxylic acids is 1. The van der Waals surface area contributed by atoms with Crippen LogP contribution in [0.25, 0.3) is 32.9 Å². The molecule has 0 bridgehead atoms. The van der Waals surface area contributed by atoms with Crippen molar-refractivity contribution in [1.82, 2.24) is 18.9 Å². The second-order valence-electron chi connectivity index (χ2n) is 13.8. The number of aryl methyl sites for hydroxylation is 7. The number of hydrogen-bond acceptors (Lipinski definition) is 4. The van der Waals surface area contributed by atoms with Crippen LogP contribution in [-0.2, 0) is 20.5 Å². The van der Waals surface area contributed by atoms with E-state index < -0.39 is 5.97 Å². The fraction of sp³-hybridized carbons (Fsp3) is 0.325. The van der Waals surface area contributed by atoms with Crippen LogP contribution in [0.2, 0.25) is 10.0 Å². The van der Waals surface area contributed by atoms with Crippen molar-refractivity contribution < 1.29 is 19.4 Å². The maximum atomic E-state index is 15.0. The summed E-state index contributed by atoms with van der Waals surface area (Å²) in [6.45, 7) is 12.8. The van der Waals surface area contributed by atoms with Gasteiger partial charge >= 0.3 is 5.97 Å². The Morgan fingerprint density at radius 3 is 2.31 bits per heavy atom. The Kier molecular flexibility index (Phi) is 8.71. The summed E-state index contributed by atoms with van der Waals surface area (Å²) in [5.74, 6) is -0.325. The summed E-state index contributed by atoms with van der Waals surface area (Å²) in [7, 11) is 3.82. The number of fused-ring (bicyclic) bond motifs is 4. The minimum absolute atomic E-state index is 0.113. The normalized spacial score (nSPS) is 14.6. The lowest BCUT2D eigenvalue weighted by Gasteiger charge is -2.34. The van der Waals surface area contributed by atoms with Gasteiger partial charge in [-0.25, -0.2) is 4.79 Å². The number of anilines is 1. The minimum Gasteiger partial charge on any atom is -0.494 e. The molecule has 1 aliphatic heterocycles. The van der Waals surface area contributed by atoms with Crippen LogP contribution in [0.15, 0.2) is 42.6 Å². The number of ether oxygens (including phenoxy) is 1. The summed E-state index contributed by atoms with van der Waals surface area (Å²) < 4.78 is 12.2. The molecule has 1 aliphatic rings. The molecule has 1 amide bonds. The molecule has 0 spiro atoms. The minimum atomic E-state index is -0.979. The Hall–Kier alpha value is -4.73. The molecule has 0 fully saturated rings. The summed E-state index contributed by atoms with van der Waals surface area (Å²) in [6, 6.07) is 11.2. The molecule has 1 atom stereocenters. The molecule has 0 aliphatic carbocycles. The van der Waals surface area contributed by atoms with Crippen LogP contribution in [0.4, 0.5) is 5.69 Å². The first-order valence-corrected chi connectivity index (χ1v) is 17.9. The van der Waals surface area contributed by atoms with Crippen LogP contribution in [0.3, 0.4) is 0 Å². The first-order valence-electron chi connectivity index (χ1n) is 17.1. The SMILES string of the molecule is Cc1cc(OCCCc2c3n(c4c(-c5c(C)nn(C)c5C)c(Cl)ccc24)[C@H](C)CN(c2cn(C)c4c(C)c(C(=O)O)ccc24)C3=O)cc(C)c1Cl. The summed E-state index contributed by atoms with van der Waals surface area (Å²) in [5.41, 5.74) is 10.6. The topological polar surface area (TPSA) is 94.5 Å². The summed E-state index contributed by atoms with van der Waals surface area (Å²) in [5, 5.41) is 17.7. The average Bonchev–Trinajstić information content (AvgIpc) is 3.68. The van der Waals surface area contributed by atoms with E-state index in [0.29, 0.717) is 42.3 Å². The van der Waals surface area contributed by atoms with E-state index in [-0.39, 0.29) is 17.5 Å². The Bertz CT molecular complexity index is 2410. The van der Waals surface area contributed by atoms with Gasteiger partial charge in [-0.2, -0.15) is 5.10 Å². The molecular formula is C40H41Cl2N5O4. The maximum Gasteiger partial charge on any atom is 0.336 e. The summed E-state index contributed by atoms with van der Waals surface area (Å²) >= 11 is 13.5. The van der Waals surface area contributed by atoms with E-state index in [1.807, 2.05) is 99.4 Å². The molecule has 7 rings (SSSR count). The Balaban J connectivity index is 1.38. The Morgan fingerprint density at radius 1 is 0.980 bits per heavy atom. The molecule has 3 aromatic heterocycles. The van der Waals surface area contributed by atoms with E-state index in [9.17, 15) is 9.90 Å². The fourth-order valence-electron chi connectivity index (χ4n) is 8.06. The van der Waals surface area contributed by atoms with Crippen molar-refractivity contribution in [2.45, 2.75) is 60.4 Å². The zero-order valence-corrected chi connectivity index (χ0v) is 31.6. The molecule has 6 aromatic rings. The van der Waals surface area contributed by atoms with Gasteiger partial charge in [0.25, 0.3) is 5.91 Å². The highest BCUT2D eigenvalue weighted by molar-refractivity contribution is 6.35. The van der Waals surface area contributed by atoms with Crippen molar-refractivity contribution >= 4 is 62.6 Å². The molecule has 0 saturated carbocycles. The van der Waals surface area contributed by atoms with Crippen LogP contribution >= 0.6 is 23.2 Å². The lowest BCUT2D eigenvalue weighted by Crippen LogP contribution is -2.42. The fourth-order valence-corrected chi connectivity index (χ4v) is 8.42. The van der Waals surface area contributed by atoms with Crippen molar-refractivity contribution in [2.24, 2.45) is 14.1 Å². The lowest BCUT2D eigenvalue weighted by atomic mass is 9.98. The highest BCUT2D eigenvalue weighted by Gasteiger charge is 2.38. The first kappa shape index (κ1) is 34.7. The van der Waals surface area contributed by atoms with E-state index in [1.165, 1.54) is 0 Å². The first-order chi connectivity index (χ1) is 24.2. The van der Waals surface area contributed by atoms with Gasteiger partial charge in [-0.1, -0.05) is 29.3 Å². The molecule has 264 valence electrons. The number of carboxylic acid groups (broad SMARTS) is 1. The zero-order chi connectivity index (χ0) is 36.6. The van der Waals surface area contributed by atoms with Crippen LogP contribution in [-0.4, -0.2) is 49.0 Å². The van der Waals surface area contributed by atoms with Crippen molar-refractivity contribution in [2.75, 3.05) is 18.1 Å². The van der Waals surface area contributed by atoms with E-state index >= 15 is 4.79 Å². The third-order valence-corrected chi connectivity index (χ3v) is 11.4. The zero-order valence-electron chi connectivity index (χ0n) is 30.1. The number of rotatable bonds is 8. The Labute approximate surface area is 306 Å². The maximum absolute atomic E-state index is 15.0. The number of amides is 1. The molecule has 3 aromatic carbocycles. The predicted molar refractivity (Wildman–Crippen MR) is 204 cm³/mol. The van der Waals surface area contributed by atoms with Crippen molar-refractivity contribution in [3.8, 4) is 16.9 Å². The number of halogens is 2. The van der Waals surface area contributed by atoms with Crippen molar-refractivity contribution in [3.63, 3.8) is 0 Å². The highest BCUT2D eigenvalue weighted by atomic mass is 35.5. The van der Waals surface area contributed by atoms with E-state index in [0.717, 1.165) is 77.5 Å². The van der Waals surface area contributed by atoms with Crippen molar-refractivity contribution in [3.05, 3.63) is 97.5 Å². The van der Waals surface area contributed by atoms with Gasteiger partial charge in [0.1, 0.15) is 11.4 Å². The van der Waals surface area contributed by atoms with E-state index in [4.69, 9.17) is 33.0 Å². The second-order valence-corrected chi connectivity index (χ2v) is 14.6. The molecule has 0 unspecified atom stereocenters. The van der Waals surface area contributed by atoms with Gasteiger partial charge in [0.2, 0.25) is 0 Å². The van der Waals surface area contributed by atoms with Crippen LogP contribution in [0.5, 0.6) is 5.75 Å². The molecule has 9 nitrogen and oxygen atoms in total. The molecule has 1 N–H and O–H groups in total. The van der Waals surface area contributed by atoms with Crippen LogP contribution in [0, 0.1) is 34.6 Å². The molecule has 4 heterocycles. The van der Waals surface area contributed by atoms with Gasteiger partial charge in [-0.15, -0.1) is 0 Å². The molecule has 51 heavy (non-hydrogen) atoms. The third kappa shape index (κ3) is 5.49. The summed E-state index contributed by atoms with van der Waals surface area (Å²) in [6.07, 6.45) is 3.20. The van der Waals surface area contributed by atoms with Crippen molar-refractivity contribution in [1.29, 1.82) is 0 Å². The Morgan fingerprint density at radius 2 is 1.67 bits per heavy atom. The molecular weight excluding hydrogens is 685 g/mol. The lowest BCUT2D eigenvalue weighted by molar-refractivity contribution is 0.0696. The van der Waals surface area contributed by atoms with E-state index in [2.05, 4.69) is 11.5 Å². The summed E-state index contributed by atoms with van der Waals surface area (Å²) in [4.78, 5) is 28.8. The van der Waals surface area contributed by atoms with Gasteiger partial charge < -0.3 is 23.9 Å². The second kappa shape index (κ2) is 12.8. The van der Waals surface area contributed by atoms with Crippen LogP contribution in [0.1, 0.15) is 73.9 Å². The number of aromatic nitrogens is 4. The number of carbonyl (C=O) groups is 2. The predicted octanol–water partition coefficient (Wildman–Crippen LogP) is 9.31. The monoisotopic (exact) mass is 725 g/mol. The van der Waals surface area contributed by atoms with Gasteiger partial charge in [0.05, 0.1) is 39.6 Å². The number of carboxylic acids is 1. The number of nitrogens with zero attached hydrogens (tertiary/aromatic N) is 5. The number of benzene rings is 3. The quantitative estimate of drug-likeness (QED) is 0.158. The third-order valence-electron chi connectivity index (χ3n) is 10.5. The standard InChI is InChI=1S/C40H41Cl2N5O4/c1-20-16-26(17-21(2)35(20)42)51-15-9-10-28-29-13-14-31(41)34(33-24(5)43-45(8)25(33)6)37(29)47-22(3)18-46(39(48)38(28)47)32-19-44(7)36-23(4)27(40(49)50)11-12-30(32)36/h11-14,16-17,19,22H,9-10,15,18H2,1-8H3,(H,49,50)/t22-/m1/s1. The highest BCUT2D eigenvalue weighted by Crippen LogP contribution is 2.46. The largest absolute Gasteiger partial charge is 0.494 e. The average molecular weight is 727 g/mol. The molecule has 0 saturated heterocycles. The van der Waals surface area contributed by atoms with Gasteiger partial charge in [0, 0.05) is 65.5 Å². The molecule has 0 radical (unpaired) electrons. The van der Waals surface area contributed by atoms with Gasteiger partial charge in [-0.05, 0) is 107 Å². The number of aromatic carboxylic acids is 1. The van der Waals surface area contributed by atoms with Gasteiger partial charge in [0.15, 0.2) is 0 Å². The van der Waals surface area contributed by atoms with Crippen LogP contribution < -0.4 is 9.64 Å². The smallest absolute Gasteiger partial charge is 0.336 e. The molecule has 11 heteroatoms.